The van der Waals surface area contributed by atoms with Crippen LogP contribution < -0.4 is 11.1 Å². The zero-order chi connectivity index (χ0) is 16.3. The Balaban J connectivity index is 1.70. The van der Waals surface area contributed by atoms with Crippen molar-refractivity contribution in [2.75, 3.05) is 5.73 Å². The summed E-state index contributed by atoms with van der Waals surface area (Å²) in [7, 11) is 0. The van der Waals surface area contributed by atoms with Crippen LogP contribution in [0.5, 0.6) is 0 Å². The molecule has 23 heavy (non-hydrogen) atoms. The van der Waals surface area contributed by atoms with Crippen LogP contribution in [0.25, 0.3) is 0 Å². The molecule has 7 nitrogen and oxygen atoms in total. The van der Waals surface area contributed by atoms with Crippen molar-refractivity contribution >= 4 is 29.2 Å². The van der Waals surface area contributed by atoms with Crippen LogP contribution in [0.15, 0.2) is 6.07 Å². The summed E-state index contributed by atoms with van der Waals surface area (Å²) in [6.45, 7) is 0.284. The molecular weight excluding hydrogens is 298 g/mol. The van der Waals surface area contributed by atoms with Gasteiger partial charge in [0.25, 0.3) is 5.91 Å². The minimum atomic E-state index is -0.650. The fourth-order valence-corrected chi connectivity index (χ4v) is 3.71. The largest absolute Gasteiger partial charge is 0.398 e. The third kappa shape index (κ3) is 1.96. The number of hydrogen-bond acceptors (Lipinski definition) is 5. The number of nitrogens with zero attached hydrogens (tertiary/aromatic N) is 1. The smallest absolute Gasteiger partial charge is 0.257 e. The number of piperidine rings is 1. The predicted molar refractivity (Wildman–Crippen MR) is 79.3 cm³/mol. The first-order chi connectivity index (χ1) is 11.0. The summed E-state index contributed by atoms with van der Waals surface area (Å²) in [5, 5.41) is 2.27. The van der Waals surface area contributed by atoms with Gasteiger partial charge in [-0.2, -0.15) is 0 Å². The number of imide groups is 1. The van der Waals surface area contributed by atoms with Gasteiger partial charge in [-0.15, -0.1) is 0 Å². The summed E-state index contributed by atoms with van der Waals surface area (Å²) in [4.78, 5) is 49.1. The fraction of sp³-hybridized carbons (Fsp3) is 0.375. The van der Waals surface area contributed by atoms with Crippen LogP contribution >= 0.6 is 0 Å². The Bertz CT molecular complexity index is 799. The van der Waals surface area contributed by atoms with Crippen LogP contribution in [-0.4, -0.2) is 34.4 Å². The molecule has 0 unspecified atom stereocenters. The van der Waals surface area contributed by atoms with Crippen LogP contribution in [0.1, 0.15) is 39.9 Å². The molecule has 0 radical (unpaired) electrons. The van der Waals surface area contributed by atoms with E-state index in [4.69, 9.17) is 5.73 Å². The SMILES string of the molecule is Nc1c2c(cc3c1C(=O)N([C@H]1CCC(=O)NC1=O)C3)CC(=O)C2. The minimum Gasteiger partial charge on any atom is -0.398 e. The van der Waals surface area contributed by atoms with Gasteiger partial charge in [0, 0.05) is 31.5 Å². The van der Waals surface area contributed by atoms with E-state index < -0.39 is 11.9 Å². The highest BCUT2D eigenvalue weighted by Gasteiger charge is 2.41. The van der Waals surface area contributed by atoms with Gasteiger partial charge in [-0.25, -0.2) is 0 Å². The zero-order valence-corrected chi connectivity index (χ0v) is 12.3. The number of hydrogen-bond donors (Lipinski definition) is 2. The van der Waals surface area contributed by atoms with Crippen LogP contribution in [0, 0.1) is 0 Å². The Morgan fingerprint density at radius 2 is 1.91 bits per heavy atom. The van der Waals surface area contributed by atoms with E-state index in [0.29, 0.717) is 24.1 Å². The maximum absolute atomic E-state index is 12.7. The van der Waals surface area contributed by atoms with Crippen LogP contribution in [0.2, 0.25) is 0 Å². The molecule has 3 amide bonds. The van der Waals surface area contributed by atoms with Crippen molar-refractivity contribution in [1.82, 2.24) is 10.2 Å². The number of ketones is 1. The maximum atomic E-state index is 12.7. The maximum Gasteiger partial charge on any atom is 0.257 e. The molecule has 1 aromatic rings. The number of nitrogen functional groups attached to an aromatic ring is 1. The Kier molecular flexibility index (Phi) is 2.81. The normalized spacial score (nSPS) is 23.1. The number of carbonyl (C=O) groups is 4. The lowest BCUT2D eigenvalue weighted by atomic mass is 9.99. The molecule has 2 aliphatic heterocycles. The lowest BCUT2D eigenvalue weighted by Crippen LogP contribution is -2.52. The molecule has 7 heteroatoms. The highest BCUT2D eigenvalue weighted by atomic mass is 16.2. The van der Waals surface area contributed by atoms with E-state index in [0.717, 1.165) is 16.7 Å². The quantitative estimate of drug-likeness (QED) is 0.546. The first-order valence-electron chi connectivity index (χ1n) is 7.55. The predicted octanol–water partition coefficient (Wildman–Crippen LogP) is -0.303. The molecule has 3 aliphatic rings. The second-order valence-corrected chi connectivity index (χ2v) is 6.25. The minimum absolute atomic E-state index is 0.102. The summed E-state index contributed by atoms with van der Waals surface area (Å²) >= 11 is 0. The van der Waals surface area contributed by atoms with Crippen molar-refractivity contribution in [3.8, 4) is 0 Å². The molecule has 1 aromatic carbocycles. The fourth-order valence-electron chi connectivity index (χ4n) is 3.71. The highest BCUT2D eigenvalue weighted by molar-refractivity contribution is 6.09. The van der Waals surface area contributed by atoms with Gasteiger partial charge < -0.3 is 10.6 Å². The topological polar surface area (TPSA) is 110 Å². The zero-order valence-electron chi connectivity index (χ0n) is 12.3. The first-order valence-corrected chi connectivity index (χ1v) is 7.55. The summed E-state index contributed by atoms with van der Waals surface area (Å²) in [6.07, 6.45) is 1.15. The third-order valence-electron chi connectivity index (χ3n) is 4.81. The number of nitrogens with two attached hydrogens (primary N) is 1. The van der Waals surface area contributed by atoms with Crippen LogP contribution in [-0.2, 0) is 33.8 Å². The summed E-state index contributed by atoms with van der Waals surface area (Å²) in [5.41, 5.74) is 9.28. The molecule has 0 saturated carbocycles. The van der Waals surface area contributed by atoms with Crippen molar-refractivity contribution in [3.05, 3.63) is 28.3 Å². The Labute approximate surface area is 131 Å². The molecule has 1 atom stereocenters. The molecular formula is C16H15N3O4. The van der Waals surface area contributed by atoms with Gasteiger partial charge in [-0.1, -0.05) is 6.07 Å². The lowest BCUT2D eigenvalue weighted by molar-refractivity contribution is -0.137. The van der Waals surface area contributed by atoms with E-state index in [2.05, 4.69) is 5.32 Å². The molecule has 1 fully saturated rings. The monoisotopic (exact) mass is 313 g/mol. The molecule has 2 heterocycles. The number of benzene rings is 1. The van der Waals surface area contributed by atoms with E-state index >= 15 is 0 Å². The van der Waals surface area contributed by atoms with Crippen molar-refractivity contribution in [3.63, 3.8) is 0 Å². The van der Waals surface area contributed by atoms with E-state index in [1.54, 1.807) is 0 Å². The van der Waals surface area contributed by atoms with Gasteiger partial charge >= 0.3 is 0 Å². The lowest BCUT2D eigenvalue weighted by Gasteiger charge is -2.29. The average molecular weight is 313 g/mol. The van der Waals surface area contributed by atoms with E-state index in [1.807, 2.05) is 6.07 Å². The average Bonchev–Trinajstić information content (AvgIpc) is 3.00. The summed E-state index contributed by atoms with van der Waals surface area (Å²) in [5.74, 6) is -0.949. The van der Waals surface area contributed by atoms with Crippen molar-refractivity contribution < 1.29 is 19.2 Å². The molecule has 1 saturated heterocycles. The third-order valence-corrected chi connectivity index (χ3v) is 4.81. The molecule has 118 valence electrons. The van der Waals surface area contributed by atoms with Gasteiger partial charge in [0.05, 0.1) is 5.56 Å². The Hall–Kier alpha value is -2.70. The number of fused-ring (bicyclic) bond motifs is 2. The van der Waals surface area contributed by atoms with Crippen molar-refractivity contribution in [2.24, 2.45) is 0 Å². The molecule has 0 spiro atoms. The van der Waals surface area contributed by atoms with Crippen molar-refractivity contribution in [1.29, 1.82) is 0 Å². The van der Waals surface area contributed by atoms with E-state index in [1.165, 1.54) is 4.90 Å². The first kappa shape index (κ1) is 13.9. The number of nitrogens with one attached hydrogen (secondary N) is 1. The standard InChI is InChI=1S/C16H15N3O4/c17-14-10-5-9(20)4-7(10)3-8-6-19(16(23)13(8)14)11-1-2-12(21)18-15(11)22/h3,11H,1-2,4-6,17H2,(H,18,21,22)/t11-/m0/s1. The van der Waals surface area contributed by atoms with Crippen LogP contribution in [0.4, 0.5) is 5.69 Å². The number of anilines is 1. The highest BCUT2D eigenvalue weighted by Crippen LogP contribution is 2.37. The second-order valence-electron chi connectivity index (χ2n) is 6.25. The molecule has 4 rings (SSSR count). The van der Waals surface area contributed by atoms with E-state index in [-0.39, 0.29) is 37.0 Å². The number of amides is 3. The summed E-state index contributed by atoms with van der Waals surface area (Å²) < 4.78 is 0. The van der Waals surface area contributed by atoms with Gasteiger partial charge in [0.1, 0.15) is 11.8 Å². The second kappa shape index (κ2) is 4.65. The van der Waals surface area contributed by atoms with Gasteiger partial charge in [-0.05, 0) is 23.1 Å². The summed E-state index contributed by atoms with van der Waals surface area (Å²) in [6, 6.07) is 1.21. The number of Topliss-reactive ketones (excluding diaryl/α,β-unsaturated/α-hetero) is 1. The van der Waals surface area contributed by atoms with Gasteiger partial charge in [0.2, 0.25) is 11.8 Å². The molecule has 1 aliphatic carbocycles. The van der Waals surface area contributed by atoms with Crippen LogP contribution in [0.3, 0.4) is 0 Å². The van der Waals surface area contributed by atoms with Gasteiger partial charge in [0.15, 0.2) is 0 Å². The Morgan fingerprint density at radius 1 is 1.13 bits per heavy atom. The molecule has 3 N–H and O–H groups in total. The number of rotatable bonds is 1. The molecule has 0 aromatic heterocycles. The number of carbonyl (C=O) groups excluding carboxylic acids is 4. The van der Waals surface area contributed by atoms with E-state index in [9.17, 15) is 19.2 Å². The van der Waals surface area contributed by atoms with Crippen molar-refractivity contribution in [2.45, 2.75) is 38.3 Å². The van der Waals surface area contributed by atoms with Gasteiger partial charge in [-0.3, -0.25) is 24.5 Å². The Morgan fingerprint density at radius 3 is 2.65 bits per heavy atom. The molecule has 0 bridgehead atoms.